The van der Waals surface area contributed by atoms with E-state index in [1.54, 1.807) is 6.07 Å². The van der Waals surface area contributed by atoms with Crippen molar-refractivity contribution in [1.29, 1.82) is 0 Å². The average molecular weight is 180 g/mol. The highest BCUT2D eigenvalue weighted by atomic mass is 16.3. The van der Waals surface area contributed by atoms with Gasteiger partial charge in [0.2, 0.25) is 0 Å². The van der Waals surface area contributed by atoms with Crippen molar-refractivity contribution in [2.24, 2.45) is 0 Å². The van der Waals surface area contributed by atoms with Crippen LogP contribution in [-0.4, -0.2) is 12.6 Å². The lowest BCUT2D eigenvalue weighted by molar-refractivity contribution is 0.107. The van der Waals surface area contributed by atoms with Gasteiger partial charge in [-0.1, -0.05) is 20.8 Å². The lowest BCUT2D eigenvalue weighted by atomic mass is 9.93. The van der Waals surface area contributed by atoms with Crippen LogP contribution in [0.3, 0.4) is 0 Å². The minimum Gasteiger partial charge on any atom is -0.457 e. The number of carbonyl (C=O) groups is 2. The first-order valence-corrected chi connectivity index (χ1v) is 4.03. The van der Waals surface area contributed by atoms with E-state index >= 15 is 0 Å². The van der Waals surface area contributed by atoms with Crippen LogP contribution < -0.4 is 0 Å². The zero-order valence-corrected chi connectivity index (χ0v) is 7.96. The summed E-state index contributed by atoms with van der Waals surface area (Å²) in [6.45, 7) is 5.86. The predicted octanol–water partition coefficient (Wildman–Crippen LogP) is 2.20. The Hall–Kier alpha value is -1.38. The largest absolute Gasteiger partial charge is 0.457 e. The third-order valence-electron chi connectivity index (χ3n) is 1.76. The summed E-state index contributed by atoms with van der Waals surface area (Å²) in [5.74, 6) is 0.761. The molecule has 1 rings (SSSR count). The number of furan rings is 1. The molecule has 0 aliphatic rings. The Bertz CT molecular complexity index is 303. The highest BCUT2D eigenvalue weighted by molar-refractivity contribution is 5.88. The maximum atomic E-state index is 10.5. The number of hydrogen-bond acceptors (Lipinski definition) is 3. The summed E-state index contributed by atoms with van der Waals surface area (Å²) in [5.41, 5.74) is 0.138. The van der Waals surface area contributed by atoms with Crippen molar-refractivity contribution in [3.63, 3.8) is 0 Å². The number of aldehydes is 2. The van der Waals surface area contributed by atoms with Crippen LogP contribution in [0.25, 0.3) is 0 Å². The van der Waals surface area contributed by atoms with Gasteiger partial charge in [-0.05, 0) is 6.07 Å². The Labute approximate surface area is 76.7 Å². The quantitative estimate of drug-likeness (QED) is 0.655. The van der Waals surface area contributed by atoms with Crippen molar-refractivity contribution in [3.8, 4) is 0 Å². The zero-order valence-electron chi connectivity index (χ0n) is 7.96. The van der Waals surface area contributed by atoms with Crippen LogP contribution in [0.5, 0.6) is 0 Å². The van der Waals surface area contributed by atoms with Gasteiger partial charge in [0.05, 0.1) is 5.56 Å². The number of carbonyl (C=O) groups excluding carboxylic acids is 2. The van der Waals surface area contributed by atoms with Crippen molar-refractivity contribution in [1.82, 2.24) is 0 Å². The van der Waals surface area contributed by atoms with Gasteiger partial charge in [-0.2, -0.15) is 0 Å². The molecule has 1 aromatic heterocycles. The van der Waals surface area contributed by atoms with E-state index in [0.717, 1.165) is 0 Å². The molecule has 3 heteroatoms. The first-order chi connectivity index (χ1) is 5.99. The SMILES string of the molecule is CC(C)(C)c1cc(C=O)c(C=O)o1. The fourth-order valence-electron chi connectivity index (χ4n) is 0.973. The average Bonchev–Trinajstić information content (AvgIpc) is 2.45. The standard InChI is InChI=1S/C10H12O3/c1-10(2,3)9-4-7(5-11)8(6-12)13-9/h4-6H,1-3H3. The molecule has 0 fully saturated rings. The molecule has 0 atom stereocenters. The molecule has 1 aromatic rings. The van der Waals surface area contributed by atoms with Crippen LogP contribution in [0.15, 0.2) is 10.5 Å². The topological polar surface area (TPSA) is 47.3 Å². The molecule has 0 saturated heterocycles. The van der Waals surface area contributed by atoms with Crippen molar-refractivity contribution < 1.29 is 14.0 Å². The minimum atomic E-state index is -0.182. The molecule has 0 N–H and O–H groups in total. The first kappa shape index (κ1) is 9.71. The summed E-state index contributed by atoms with van der Waals surface area (Å²) in [6, 6.07) is 1.61. The van der Waals surface area contributed by atoms with E-state index in [9.17, 15) is 9.59 Å². The third-order valence-corrected chi connectivity index (χ3v) is 1.76. The van der Waals surface area contributed by atoms with Crippen molar-refractivity contribution in [3.05, 3.63) is 23.2 Å². The van der Waals surface area contributed by atoms with Crippen molar-refractivity contribution in [2.45, 2.75) is 26.2 Å². The molecule has 13 heavy (non-hydrogen) atoms. The van der Waals surface area contributed by atoms with Crippen molar-refractivity contribution >= 4 is 12.6 Å². The smallest absolute Gasteiger partial charge is 0.186 e. The maximum absolute atomic E-state index is 10.5. The molecule has 0 spiro atoms. The van der Waals surface area contributed by atoms with E-state index in [1.807, 2.05) is 20.8 Å². The molecule has 0 saturated carbocycles. The molecule has 0 radical (unpaired) electrons. The fraction of sp³-hybridized carbons (Fsp3) is 0.400. The van der Waals surface area contributed by atoms with Gasteiger partial charge in [-0.3, -0.25) is 9.59 Å². The van der Waals surface area contributed by atoms with Gasteiger partial charge in [0, 0.05) is 5.41 Å². The van der Waals surface area contributed by atoms with Crippen molar-refractivity contribution in [2.75, 3.05) is 0 Å². The minimum absolute atomic E-state index is 0.111. The first-order valence-electron chi connectivity index (χ1n) is 4.03. The Morgan fingerprint density at radius 2 is 1.85 bits per heavy atom. The molecule has 1 heterocycles. The second-order valence-corrected chi connectivity index (χ2v) is 3.92. The number of rotatable bonds is 2. The van der Waals surface area contributed by atoms with Gasteiger partial charge in [-0.25, -0.2) is 0 Å². The van der Waals surface area contributed by atoms with Gasteiger partial charge in [0.1, 0.15) is 5.76 Å². The normalized spacial score (nSPS) is 11.3. The summed E-state index contributed by atoms with van der Waals surface area (Å²) < 4.78 is 5.22. The molecule has 0 unspecified atom stereocenters. The van der Waals surface area contributed by atoms with Crippen LogP contribution in [-0.2, 0) is 5.41 Å². The molecule has 0 aromatic carbocycles. The number of hydrogen-bond donors (Lipinski definition) is 0. The molecule has 0 aliphatic carbocycles. The second kappa shape index (κ2) is 3.17. The fourth-order valence-corrected chi connectivity index (χ4v) is 0.973. The van der Waals surface area contributed by atoms with E-state index in [0.29, 0.717) is 23.9 Å². The van der Waals surface area contributed by atoms with Gasteiger partial charge in [-0.15, -0.1) is 0 Å². The molecular formula is C10H12O3. The van der Waals surface area contributed by atoms with Gasteiger partial charge in [0.25, 0.3) is 0 Å². The van der Waals surface area contributed by atoms with Gasteiger partial charge in [0.15, 0.2) is 18.3 Å². The van der Waals surface area contributed by atoms with E-state index in [-0.39, 0.29) is 11.2 Å². The summed E-state index contributed by atoms with van der Waals surface area (Å²) in [5, 5.41) is 0. The molecule has 0 bridgehead atoms. The van der Waals surface area contributed by atoms with E-state index < -0.39 is 0 Å². The summed E-state index contributed by atoms with van der Waals surface area (Å²) >= 11 is 0. The van der Waals surface area contributed by atoms with Gasteiger partial charge < -0.3 is 4.42 Å². The summed E-state index contributed by atoms with van der Waals surface area (Å²) in [7, 11) is 0. The second-order valence-electron chi connectivity index (χ2n) is 3.92. The van der Waals surface area contributed by atoms with Crippen LogP contribution in [0.4, 0.5) is 0 Å². The van der Waals surface area contributed by atoms with Crippen LogP contribution in [0.1, 0.15) is 47.4 Å². The monoisotopic (exact) mass is 180 g/mol. The summed E-state index contributed by atoms with van der Waals surface area (Å²) in [4.78, 5) is 21.0. The Morgan fingerprint density at radius 3 is 2.15 bits per heavy atom. The molecule has 70 valence electrons. The van der Waals surface area contributed by atoms with E-state index in [2.05, 4.69) is 0 Å². The zero-order chi connectivity index (χ0) is 10.1. The Kier molecular flexibility index (Phi) is 2.36. The molecule has 0 amide bonds. The predicted molar refractivity (Wildman–Crippen MR) is 48.2 cm³/mol. The van der Waals surface area contributed by atoms with E-state index in [1.165, 1.54) is 0 Å². The maximum Gasteiger partial charge on any atom is 0.186 e. The molecule has 3 nitrogen and oxygen atoms in total. The molecule has 0 aliphatic heterocycles. The van der Waals surface area contributed by atoms with E-state index in [4.69, 9.17) is 4.42 Å². The third kappa shape index (κ3) is 1.86. The highest BCUT2D eigenvalue weighted by Crippen LogP contribution is 2.25. The Morgan fingerprint density at radius 1 is 1.23 bits per heavy atom. The van der Waals surface area contributed by atoms with Crippen LogP contribution in [0, 0.1) is 0 Å². The lowest BCUT2D eigenvalue weighted by Gasteiger charge is -2.13. The van der Waals surface area contributed by atoms with Crippen LogP contribution >= 0.6 is 0 Å². The van der Waals surface area contributed by atoms with Gasteiger partial charge >= 0.3 is 0 Å². The summed E-state index contributed by atoms with van der Waals surface area (Å²) in [6.07, 6.45) is 1.18. The highest BCUT2D eigenvalue weighted by Gasteiger charge is 2.20. The molecular weight excluding hydrogens is 168 g/mol. The van der Waals surface area contributed by atoms with Crippen LogP contribution in [0.2, 0.25) is 0 Å². The lowest BCUT2D eigenvalue weighted by Crippen LogP contribution is -2.09. The Balaban J connectivity index is 3.21.